The highest BCUT2D eigenvalue weighted by atomic mass is 35.5. The van der Waals surface area contributed by atoms with E-state index in [4.69, 9.17) is 27.9 Å². The van der Waals surface area contributed by atoms with Crippen molar-refractivity contribution < 1.29 is 9.53 Å². The summed E-state index contributed by atoms with van der Waals surface area (Å²) in [5, 5.41) is 1.04. The Morgan fingerprint density at radius 3 is 2.55 bits per heavy atom. The van der Waals surface area contributed by atoms with Crippen LogP contribution in [0.1, 0.15) is 34.3 Å². The number of carbonyl (C=O) groups excluding carboxylic acids is 1. The second kappa shape index (κ2) is 9.29. The number of aryl methyl sites for hydroxylation is 1. The summed E-state index contributed by atoms with van der Waals surface area (Å²) in [6.07, 6.45) is 3.17. The lowest BCUT2D eigenvalue weighted by Gasteiger charge is -2.26. The van der Waals surface area contributed by atoms with Crippen LogP contribution in [0.5, 0.6) is 5.75 Å². The first-order valence-electron chi connectivity index (χ1n) is 10.3. The SMILES string of the molecule is Cc1ccc(O[C@H](C)C2CN(C(=O)c3cccnc3)C[C@H]2c2ccc(Cl)c(Cl)c2)cc1. The minimum absolute atomic E-state index is 0.0248. The van der Waals surface area contributed by atoms with Gasteiger partial charge in [-0.2, -0.15) is 0 Å². The number of hydrogen-bond donors (Lipinski definition) is 0. The molecule has 2 aromatic carbocycles. The molecule has 6 heteroatoms. The van der Waals surface area contributed by atoms with Crippen molar-refractivity contribution >= 4 is 29.1 Å². The highest BCUT2D eigenvalue weighted by molar-refractivity contribution is 6.42. The zero-order valence-corrected chi connectivity index (χ0v) is 19.0. The molecule has 31 heavy (non-hydrogen) atoms. The molecule has 4 rings (SSSR count). The molecule has 1 aromatic heterocycles. The van der Waals surface area contributed by atoms with Crippen molar-refractivity contribution in [2.45, 2.75) is 25.9 Å². The zero-order chi connectivity index (χ0) is 22.0. The van der Waals surface area contributed by atoms with Gasteiger partial charge in [-0.05, 0) is 55.8 Å². The molecule has 160 valence electrons. The summed E-state index contributed by atoms with van der Waals surface area (Å²) in [6, 6.07) is 17.3. The standard InChI is InChI=1S/C25H24Cl2N2O2/c1-16-5-8-20(9-6-16)31-17(2)21-14-29(25(30)19-4-3-11-28-13-19)15-22(21)18-7-10-23(26)24(27)12-18/h3-13,17,21-22H,14-15H2,1-2H3/t17-,21?,22+/m1/s1. The molecule has 1 saturated heterocycles. The second-order valence-electron chi connectivity index (χ2n) is 8.03. The Morgan fingerprint density at radius 2 is 1.87 bits per heavy atom. The van der Waals surface area contributed by atoms with Gasteiger partial charge in [0.05, 0.1) is 15.6 Å². The van der Waals surface area contributed by atoms with Gasteiger partial charge in [-0.15, -0.1) is 0 Å². The lowest BCUT2D eigenvalue weighted by Crippen LogP contribution is -2.32. The van der Waals surface area contributed by atoms with Crippen LogP contribution in [-0.4, -0.2) is 35.0 Å². The fourth-order valence-corrected chi connectivity index (χ4v) is 4.46. The number of halogens is 2. The van der Waals surface area contributed by atoms with Crippen molar-refractivity contribution in [3.05, 3.63) is 93.7 Å². The maximum Gasteiger partial charge on any atom is 0.255 e. The van der Waals surface area contributed by atoms with Crippen LogP contribution in [0.2, 0.25) is 10.0 Å². The Morgan fingerprint density at radius 1 is 1.10 bits per heavy atom. The van der Waals surface area contributed by atoms with Crippen LogP contribution in [0.15, 0.2) is 67.0 Å². The Hall–Kier alpha value is -2.56. The van der Waals surface area contributed by atoms with E-state index in [1.807, 2.05) is 54.3 Å². The van der Waals surface area contributed by atoms with E-state index >= 15 is 0 Å². The molecular formula is C25H24Cl2N2O2. The summed E-state index contributed by atoms with van der Waals surface area (Å²) in [4.78, 5) is 19.1. The first-order valence-corrected chi connectivity index (χ1v) is 11.1. The van der Waals surface area contributed by atoms with Crippen molar-refractivity contribution in [1.29, 1.82) is 0 Å². The third kappa shape index (κ3) is 4.86. The average molecular weight is 455 g/mol. The van der Waals surface area contributed by atoms with Gasteiger partial charge in [-0.25, -0.2) is 0 Å². The molecule has 0 spiro atoms. The molecule has 3 atom stereocenters. The van der Waals surface area contributed by atoms with Crippen molar-refractivity contribution in [2.24, 2.45) is 5.92 Å². The molecule has 1 amide bonds. The minimum Gasteiger partial charge on any atom is -0.490 e. The lowest BCUT2D eigenvalue weighted by molar-refractivity contribution is 0.0770. The number of amides is 1. The predicted molar refractivity (Wildman–Crippen MR) is 124 cm³/mol. The summed E-state index contributed by atoms with van der Waals surface area (Å²) >= 11 is 12.4. The molecule has 1 aliphatic rings. The number of carbonyl (C=O) groups is 1. The van der Waals surface area contributed by atoms with Crippen LogP contribution in [-0.2, 0) is 0 Å². The van der Waals surface area contributed by atoms with Gasteiger partial charge in [-0.3, -0.25) is 9.78 Å². The highest BCUT2D eigenvalue weighted by Crippen LogP contribution is 2.38. The van der Waals surface area contributed by atoms with Crippen molar-refractivity contribution in [3.8, 4) is 5.75 Å². The van der Waals surface area contributed by atoms with Crippen LogP contribution < -0.4 is 4.74 Å². The maximum absolute atomic E-state index is 13.1. The van der Waals surface area contributed by atoms with Gasteiger partial charge >= 0.3 is 0 Å². The Bertz CT molecular complexity index is 1060. The van der Waals surface area contributed by atoms with E-state index < -0.39 is 0 Å². The first kappa shape index (κ1) is 21.7. The summed E-state index contributed by atoms with van der Waals surface area (Å²) in [6.45, 7) is 5.28. The van der Waals surface area contributed by atoms with Gasteiger partial charge in [0.15, 0.2) is 0 Å². The number of hydrogen-bond acceptors (Lipinski definition) is 3. The van der Waals surface area contributed by atoms with Crippen LogP contribution in [0, 0.1) is 12.8 Å². The van der Waals surface area contributed by atoms with E-state index in [1.54, 1.807) is 24.5 Å². The molecule has 4 nitrogen and oxygen atoms in total. The molecular weight excluding hydrogens is 431 g/mol. The van der Waals surface area contributed by atoms with Gasteiger partial charge in [0.25, 0.3) is 5.91 Å². The quantitative estimate of drug-likeness (QED) is 0.473. The van der Waals surface area contributed by atoms with E-state index in [0.717, 1.165) is 11.3 Å². The molecule has 0 saturated carbocycles. The van der Waals surface area contributed by atoms with Crippen LogP contribution in [0.4, 0.5) is 0 Å². The summed E-state index contributed by atoms with van der Waals surface area (Å²) < 4.78 is 6.28. The van der Waals surface area contributed by atoms with Crippen molar-refractivity contribution in [2.75, 3.05) is 13.1 Å². The summed E-state index contributed by atoms with van der Waals surface area (Å²) in [5.41, 5.74) is 2.83. The number of rotatable bonds is 5. The molecule has 0 bridgehead atoms. The third-order valence-electron chi connectivity index (χ3n) is 5.88. The number of nitrogens with zero attached hydrogens (tertiary/aromatic N) is 2. The molecule has 3 aromatic rings. The molecule has 1 aliphatic heterocycles. The Kier molecular flexibility index (Phi) is 6.49. The van der Waals surface area contributed by atoms with E-state index in [0.29, 0.717) is 28.7 Å². The minimum atomic E-state index is -0.103. The smallest absolute Gasteiger partial charge is 0.255 e. The van der Waals surface area contributed by atoms with Crippen molar-refractivity contribution in [3.63, 3.8) is 0 Å². The third-order valence-corrected chi connectivity index (χ3v) is 6.62. The molecule has 0 radical (unpaired) electrons. The second-order valence-corrected chi connectivity index (χ2v) is 8.85. The molecule has 0 N–H and O–H groups in total. The first-order chi connectivity index (χ1) is 14.9. The predicted octanol–water partition coefficient (Wildman–Crippen LogP) is 6.02. The topological polar surface area (TPSA) is 42.4 Å². The van der Waals surface area contributed by atoms with Gasteiger partial charge in [0, 0.05) is 37.3 Å². The van der Waals surface area contributed by atoms with E-state index in [1.165, 1.54) is 5.56 Å². The normalized spacial score (nSPS) is 19.3. The van der Waals surface area contributed by atoms with E-state index in [-0.39, 0.29) is 23.8 Å². The summed E-state index contributed by atoms with van der Waals surface area (Å²) in [7, 11) is 0. The number of likely N-dealkylation sites (tertiary alicyclic amines) is 1. The van der Waals surface area contributed by atoms with Crippen LogP contribution in [0.3, 0.4) is 0 Å². The van der Waals surface area contributed by atoms with Crippen molar-refractivity contribution in [1.82, 2.24) is 9.88 Å². The number of pyridine rings is 1. The van der Waals surface area contributed by atoms with E-state index in [2.05, 4.69) is 11.9 Å². The fraction of sp³-hybridized carbons (Fsp3) is 0.280. The monoisotopic (exact) mass is 454 g/mol. The van der Waals surface area contributed by atoms with Gasteiger partial charge in [-0.1, -0.05) is 47.0 Å². The van der Waals surface area contributed by atoms with Crippen LogP contribution >= 0.6 is 23.2 Å². The largest absolute Gasteiger partial charge is 0.490 e. The molecule has 1 unspecified atom stereocenters. The lowest BCUT2D eigenvalue weighted by atomic mass is 9.85. The van der Waals surface area contributed by atoms with Gasteiger partial charge in [0.1, 0.15) is 11.9 Å². The fourth-order valence-electron chi connectivity index (χ4n) is 4.16. The molecule has 1 fully saturated rings. The van der Waals surface area contributed by atoms with Gasteiger partial charge in [0.2, 0.25) is 0 Å². The van der Waals surface area contributed by atoms with E-state index in [9.17, 15) is 4.79 Å². The zero-order valence-electron chi connectivity index (χ0n) is 17.5. The van der Waals surface area contributed by atoms with Gasteiger partial charge < -0.3 is 9.64 Å². The molecule has 0 aliphatic carbocycles. The Balaban J connectivity index is 1.61. The summed E-state index contributed by atoms with van der Waals surface area (Å²) in [5.74, 6) is 0.973. The Labute approximate surface area is 192 Å². The number of benzene rings is 2. The molecule has 2 heterocycles. The number of aromatic nitrogens is 1. The average Bonchev–Trinajstić information content (AvgIpc) is 3.23. The van der Waals surface area contributed by atoms with Crippen LogP contribution in [0.25, 0.3) is 0 Å². The highest BCUT2D eigenvalue weighted by Gasteiger charge is 2.40. The number of ether oxygens (including phenoxy) is 1. The maximum atomic E-state index is 13.1.